The number of ketones is 1. The lowest BCUT2D eigenvalue weighted by atomic mass is 9.83. The van der Waals surface area contributed by atoms with Crippen LogP contribution in [-0.2, 0) is 52.8 Å². The second kappa shape index (κ2) is 21.2. The first-order valence-corrected chi connectivity index (χ1v) is 25.3. The van der Waals surface area contributed by atoms with Crippen LogP contribution < -0.4 is 10.7 Å². The number of urea groups is 1. The molecule has 74 heavy (non-hydrogen) atoms. The van der Waals surface area contributed by atoms with Crippen molar-refractivity contribution < 1.29 is 51.4 Å². The van der Waals surface area contributed by atoms with Gasteiger partial charge in [-0.05, 0) is 97.0 Å². The highest BCUT2D eigenvalue weighted by molar-refractivity contribution is 5.96. The zero-order valence-corrected chi connectivity index (χ0v) is 43.6. The molecule has 2 aromatic carbocycles. The molecule has 0 saturated carbocycles. The highest BCUT2D eigenvalue weighted by Crippen LogP contribution is 2.43. The molecule has 6 heterocycles. The predicted molar refractivity (Wildman–Crippen MR) is 272 cm³/mol. The number of fused-ring (bicyclic) bond motifs is 6. The number of hydrazine groups is 1. The number of aromatic nitrogens is 2. The predicted octanol–water partition coefficient (Wildman–Crippen LogP) is 6.90. The number of alkyl halides is 3. The van der Waals surface area contributed by atoms with Crippen molar-refractivity contribution in [1.82, 2.24) is 40.0 Å². The molecule has 398 valence electrons. The summed E-state index contributed by atoms with van der Waals surface area (Å²) in [6, 6.07) is 13.7. The summed E-state index contributed by atoms with van der Waals surface area (Å²) in [6.45, 7) is 14.8. The second-order valence-corrected chi connectivity index (χ2v) is 21.7. The van der Waals surface area contributed by atoms with Gasteiger partial charge in [0.1, 0.15) is 29.8 Å². The van der Waals surface area contributed by atoms with Crippen molar-refractivity contribution in [3.63, 3.8) is 0 Å². The number of ether oxygens (including phenoxy) is 3. The Morgan fingerprint density at radius 2 is 1.74 bits per heavy atom. The van der Waals surface area contributed by atoms with Gasteiger partial charge in [0.05, 0.1) is 56.9 Å². The summed E-state index contributed by atoms with van der Waals surface area (Å²) >= 11 is 0. The Balaban J connectivity index is 1.18. The Morgan fingerprint density at radius 3 is 2.43 bits per heavy atom. The number of pyridine rings is 1. The molecule has 16 nitrogen and oxygen atoms in total. The van der Waals surface area contributed by atoms with E-state index in [1.165, 1.54) is 34.6 Å². The van der Waals surface area contributed by atoms with Crippen LogP contribution in [0, 0.1) is 11.3 Å². The normalized spacial score (nSPS) is 21.9. The van der Waals surface area contributed by atoms with Gasteiger partial charge in [-0.1, -0.05) is 64.6 Å². The molecule has 19 heteroatoms. The maximum absolute atomic E-state index is 15.0. The molecule has 5 amide bonds. The number of nitrogens with zero attached hydrogens (tertiary/aromatic N) is 6. The lowest BCUT2D eigenvalue weighted by molar-refractivity contribution is -0.178. The number of rotatable bonds is 10. The van der Waals surface area contributed by atoms with E-state index in [0.29, 0.717) is 77.1 Å². The van der Waals surface area contributed by atoms with Gasteiger partial charge in [-0.25, -0.2) is 10.2 Å². The lowest BCUT2D eigenvalue weighted by Gasteiger charge is -2.54. The molecule has 0 unspecified atom stereocenters. The van der Waals surface area contributed by atoms with Crippen molar-refractivity contribution in [1.29, 1.82) is 0 Å². The highest BCUT2D eigenvalue weighted by atomic mass is 19.4. The molecule has 3 fully saturated rings. The number of Topliss-reactive ketones (excluding diaryl/α,β-unsaturated/α-hetero) is 1. The number of nitrogens with one attached hydrogen (secondary N) is 2. The zero-order valence-electron chi connectivity index (χ0n) is 43.6. The Hall–Kier alpha value is -6.15. The van der Waals surface area contributed by atoms with E-state index in [2.05, 4.69) is 22.3 Å². The molecule has 2 aromatic heterocycles. The van der Waals surface area contributed by atoms with Crippen molar-refractivity contribution >= 4 is 40.4 Å². The fraction of sp³-hybridized carbons (Fsp3) is 0.527. The first kappa shape index (κ1) is 54.1. The van der Waals surface area contributed by atoms with E-state index in [4.69, 9.17) is 14.2 Å². The van der Waals surface area contributed by atoms with E-state index in [0.717, 1.165) is 5.56 Å². The summed E-state index contributed by atoms with van der Waals surface area (Å²) in [5, 5.41) is 5.02. The van der Waals surface area contributed by atoms with Gasteiger partial charge in [-0.15, -0.1) is 0 Å². The van der Waals surface area contributed by atoms with E-state index in [-0.39, 0.29) is 57.4 Å². The summed E-state index contributed by atoms with van der Waals surface area (Å²) in [4.78, 5) is 79.3. The first-order chi connectivity index (χ1) is 35.0. The van der Waals surface area contributed by atoms with Gasteiger partial charge in [0.15, 0.2) is 5.78 Å². The van der Waals surface area contributed by atoms with Crippen molar-refractivity contribution in [2.45, 2.75) is 109 Å². The van der Waals surface area contributed by atoms with Gasteiger partial charge >= 0.3 is 12.2 Å². The number of morpholine rings is 1. The average Bonchev–Trinajstić information content (AvgIpc) is 3.63. The van der Waals surface area contributed by atoms with Crippen LogP contribution >= 0.6 is 0 Å². The molecule has 2 N–H and O–H groups in total. The van der Waals surface area contributed by atoms with Crippen LogP contribution in [0.15, 0.2) is 73.4 Å². The summed E-state index contributed by atoms with van der Waals surface area (Å²) in [5.41, 5.74) is 4.97. The van der Waals surface area contributed by atoms with Crippen molar-refractivity contribution in [2.24, 2.45) is 11.3 Å². The van der Waals surface area contributed by atoms with Crippen LogP contribution in [0.1, 0.15) is 77.3 Å². The maximum Gasteiger partial charge on any atom is 0.406 e. The second-order valence-electron chi connectivity index (χ2n) is 21.7. The summed E-state index contributed by atoms with van der Waals surface area (Å²) in [5.74, 6) is -1.93. The summed E-state index contributed by atoms with van der Waals surface area (Å²) in [7, 11) is 3.08. The molecule has 8 rings (SSSR count). The molecule has 0 aliphatic carbocycles. The number of halogens is 3. The lowest BCUT2D eigenvalue weighted by Crippen LogP contribution is -2.73. The third-order valence-corrected chi connectivity index (χ3v) is 15.0. The van der Waals surface area contributed by atoms with Crippen LogP contribution in [0.2, 0.25) is 0 Å². The number of amides is 5. The Bertz CT molecular complexity index is 2810. The van der Waals surface area contributed by atoms with E-state index in [1.807, 2.05) is 58.0 Å². The monoisotopic (exact) mass is 1030 g/mol. The number of hydrogen-bond donors (Lipinski definition) is 2. The fourth-order valence-corrected chi connectivity index (χ4v) is 11.2. The minimum absolute atomic E-state index is 0.00378. The number of likely N-dealkylation sites (tertiary alicyclic amines) is 1. The Labute approximate surface area is 430 Å². The number of likely N-dealkylation sites (N-methyl/N-ethyl adjacent to an activating group) is 1. The minimum atomic E-state index is -4.59. The van der Waals surface area contributed by atoms with E-state index in [9.17, 15) is 32.3 Å². The third kappa shape index (κ3) is 11.1. The smallest absolute Gasteiger partial charge is 0.378 e. The van der Waals surface area contributed by atoms with Gasteiger partial charge in [-0.2, -0.15) is 13.2 Å². The van der Waals surface area contributed by atoms with Crippen molar-refractivity contribution in [3.05, 3.63) is 90.3 Å². The van der Waals surface area contributed by atoms with Crippen LogP contribution in [0.25, 0.3) is 33.3 Å². The Kier molecular flexibility index (Phi) is 15.5. The fourth-order valence-electron chi connectivity index (χ4n) is 11.2. The molecular weight excluding hydrogens is 958 g/mol. The van der Waals surface area contributed by atoms with Gasteiger partial charge in [0, 0.05) is 56.3 Å². The van der Waals surface area contributed by atoms with Crippen molar-refractivity contribution in [3.8, 4) is 22.4 Å². The molecule has 4 aliphatic heterocycles. The van der Waals surface area contributed by atoms with E-state index in [1.54, 1.807) is 54.2 Å². The maximum atomic E-state index is 15.0. The number of carbonyl (C=O) groups excluding carboxylic acids is 5. The Morgan fingerprint density at radius 1 is 1.01 bits per heavy atom. The standard InChI is InChI=1S/C55H69F3N8O8/c1-10-45(68)63-22-23-74-53(28-63)29-64(30-53)51(71)62(8)47(34(2)3)49(69)60-43-25-37-14-11-15-38(24-37)39-17-18-44-41(26-39)42(48(65(44)31-55(56,57)58)40-16-12-20-59-46(40)35(4)72-9)27-52(6,7)32-73-33-54(36(5)67)19-13-21-66(61-54)50(43)70/h10-12,14-18,20,24,26,34-35,43,47,61H,1,13,19,21-23,25,27-33H2,2-9H3,(H,60,69)/t35-,43-,47-,54-/m0/s1. The SMILES string of the molecule is C=CC(=O)N1CCOC2(C1)CN(C(=O)N(C)[C@H](C(=O)N[C@H]1Cc3cccc(c3)-c3ccc4c(c3)c(c(-c3cccnc3[C@H](C)OC)n4CC(F)(F)F)CC(C)(C)COC[C@]3(C(C)=O)CCCN(N3)C1=O)C(C)C)C2. The van der Waals surface area contributed by atoms with Gasteiger partial charge < -0.3 is 38.8 Å². The van der Waals surface area contributed by atoms with E-state index >= 15 is 4.79 Å². The summed E-state index contributed by atoms with van der Waals surface area (Å²) < 4.78 is 64.0. The largest absolute Gasteiger partial charge is 0.406 e. The number of hydrogen-bond acceptors (Lipinski definition) is 10. The molecular formula is C55H69F3N8O8. The van der Waals surface area contributed by atoms with Crippen LogP contribution in [0.4, 0.5) is 18.0 Å². The van der Waals surface area contributed by atoms with E-state index < -0.39 is 71.2 Å². The number of benzene rings is 2. The number of carbonyl (C=O) groups is 5. The number of methoxy groups -OCH3 is 1. The van der Waals surface area contributed by atoms with Crippen LogP contribution in [-0.4, -0.2) is 155 Å². The first-order valence-electron chi connectivity index (χ1n) is 25.3. The minimum Gasteiger partial charge on any atom is -0.378 e. The summed E-state index contributed by atoms with van der Waals surface area (Å²) in [6.07, 6.45) is -1.22. The zero-order chi connectivity index (χ0) is 53.5. The average molecular weight is 1030 g/mol. The topological polar surface area (TPSA) is 168 Å². The molecule has 4 atom stereocenters. The van der Waals surface area contributed by atoms with Crippen molar-refractivity contribution in [2.75, 3.05) is 66.7 Å². The van der Waals surface area contributed by atoms with Crippen LogP contribution in [0.3, 0.4) is 0 Å². The van der Waals surface area contributed by atoms with Gasteiger partial charge in [0.25, 0.3) is 5.91 Å². The quantitative estimate of drug-likeness (QED) is 0.160. The molecule has 0 radical (unpaired) electrons. The molecule has 1 spiro atoms. The molecule has 4 aromatic rings. The molecule has 6 bridgehead atoms. The van der Waals surface area contributed by atoms with Gasteiger partial charge in [0.2, 0.25) is 11.8 Å². The molecule has 4 aliphatic rings. The molecule has 3 saturated heterocycles. The highest BCUT2D eigenvalue weighted by Gasteiger charge is 2.51. The third-order valence-electron chi connectivity index (χ3n) is 15.0. The van der Waals surface area contributed by atoms with Crippen LogP contribution in [0.5, 0.6) is 0 Å². The van der Waals surface area contributed by atoms with Gasteiger partial charge in [-0.3, -0.25) is 29.2 Å².